The van der Waals surface area contributed by atoms with E-state index in [0.29, 0.717) is 6.54 Å². The van der Waals surface area contributed by atoms with Crippen molar-refractivity contribution in [3.63, 3.8) is 0 Å². The Hall–Kier alpha value is -1.40. The maximum absolute atomic E-state index is 12.3. The molecule has 2 rings (SSSR count). The summed E-state index contributed by atoms with van der Waals surface area (Å²) >= 11 is 0. The Morgan fingerprint density at radius 3 is 2.80 bits per heavy atom. The third-order valence-corrected chi connectivity index (χ3v) is 3.67. The summed E-state index contributed by atoms with van der Waals surface area (Å²) in [6.07, 6.45) is 4.75. The van der Waals surface area contributed by atoms with E-state index >= 15 is 0 Å². The number of amides is 1. The first-order valence-electron chi connectivity index (χ1n) is 7.37. The van der Waals surface area contributed by atoms with E-state index < -0.39 is 0 Å². The van der Waals surface area contributed by atoms with Crippen LogP contribution in [0.2, 0.25) is 0 Å². The van der Waals surface area contributed by atoms with Crippen molar-refractivity contribution in [3.8, 4) is 0 Å². The van der Waals surface area contributed by atoms with Crippen LogP contribution in [-0.4, -0.2) is 65.0 Å². The molecule has 0 spiro atoms. The summed E-state index contributed by atoms with van der Waals surface area (Å²) in [7, 11) is 2.09. The molecule has 0 unspecified atom stereocenters. The fourth-order valence-corrected chi connectivity index (χ4v) is 2.33. The number of carbonyl (C=O) groups excluding carboxylic acids is 1. The predicted molar refractivity (Wildman–Crippen MR) is 78.3 cm³/mol. The minimum Gasteiger partial charge on any atom is -0.339 e. The van der Waals surface area contributed by atoms with E-state index in [2.05, 4.69) is 29.2 Å². The zero-order chi connectivity index (χ0) is 14.4. The van der Waals surface area contributed by atoms with Crippen molar-refractivity contribution in [2.24, 2.45) is 0 Å². The van der Waals surface area contributed by atoms with Crippen molar-refractivity contribution in [1.29, 1.82) is 0 Å². The molecule has 112 valence electrons. The Labute approximate surface area is 120 Å². The molecule has 20 heavy (non-hydrogen) atoms. The van der Waals surface area contributed by atoms with Gasteiger partial charge in [-0.15, -0.1) is 0 Å². The number of aromatic nitrogens is 2. The molecular weight excluding hydrogens is 254 g/mol. The summed E-state index contributed by atoms with van der Waals surface area (Å²) in [6.45, 7) is 7.79. The maximum Gasteiger partial charge on any atom is 0.242 e. The molecule has 1 fully saturated rings. The van der Waals surface area contributed by atoms with Crippen LogP contribution in [0.3, 0.4) is 0 Å². The molecule has 0 atom stereocenters. The van der Waals surface area contributed by atoms with Crippen LogP contribution in [-0.2, 0) is 17.9 Å². The lowest BCUT2D eigenvalue weighted by atomic mass is 10.3. The number of piperazine rings is 1. The Kier molecular flexibility index (Phi) is 5.55. The van der Waals surface area contributed by atoms with Crippen molar-refractivity contribution >= 4 is 5.91 Å². The van der Waals surface area contributed by atoms with E-state index in [9.17, 15) is 4.79 Å². The number of imidazole rings is 1. The summed E-state index contributed by atoms with van der Waals surface area (Å²) in [4.78, 5) is 20.8. The van der Waals surface area contributed by atoms with E-state index in [1.54, 1.807) is 6.20 Å². The molecule has 1 amide bonds. The fourth-order valence-electron chi connectivity index (χ4n) is 2.33. The zero-order valence-corrected chi connectivity index (χ0v) is 12.5. The quantitative estimate of drug-likeness (QED) is 0.754. The van der Waals surface area contributed by atoms with Gasteiger partial charge in [-0.25, -0.2) is 4.98 Å². The van der Waals surface area contributed by atoms with E-state index in [0.717, 1.165) is 51.5 Å². The lowest BCUT2D eigenvalue weighted by Crippen LogP contribution is -2.48. The van der Waals surface area contributed by atoms with Gasteiger partial charge < -0.3 is 19.7 Å². The summed E-state index contributed by atoms with van der Waals surface area (Å²) < 4.78 is 1.95. The van der Waals surface area contributed by atoms with Crippen LogP contribution < -0.4 is 5.32 Å². The second-order valence-electron chi connectivity index (χ2n) is 5.33. The van der Waals surface area contributed by atoms with Crippen LogP contribution in [0.25, 0.3) is 0 Å². The lowest BCUT2D eigenvalue weighted by Gasteiger charge is -2.32. The van der Waals surface area contributed by atoms with Gasteiger partial charge in [0.05, 0.1) is 6.54 Å². The first-order chi connectivity index (χ1) is 9.70. The minimum atomic E-state index is 0.188. The molecule has 6 heteroatoms. The Morgan fingerprint density at radius 2 is 2.10 bits per heavy atom. The molecule has 0 aromatic carbocycles. The summed E-state index contributed by atoms with van der Waals surface area (Å²) in [5.74, 6) is 1.12. The molecule has 1 N–H and O–H groups in total. The highest BCUT2D eigenvalue weighted by Gasteiger charge is 2.19. The largest absolute Gasteiger partial charge is 0.339 e. The lowest BCUT2D eigenvalue weighted by molar-refractivity contribution is -0.133. The first-order valence-corrected chi connectivity index (χ1v) is 7.37. The number of carbonyl (C=O) groups is 1. The maximum atomic E-state index is 12.3. The van der Waals surface area contributed by atoms with Crippen molar-refractivity contribution < 1.29 is 4.79 Å². The summed E-state index contributed by atoms with van der Waals surface area (Å²) in [5, 5.41) is 3.32. The van der Waals surface area contributed by atoms with Gasteiger partial charge in [-0.1, -0.05) is 6.92 Å². The second kappa shape index (κ2) is 7.40. The van der Waals surface area contributed by atoms with Crippen LogP contribution in [0.5, 0.6) is 0 Å². The third-order valence-electron chi connectivity index (χ3n) is 3.67. The molecule has 0 aliphatic carbocycles. The van der Waals surface area contributed by atoms with Crippen molar-refractivity contribution in [1.82, 2.24) is 24.7 Å². The molecule has 1 aliphatic heterocycles. The second-order valence-corrected chi connectivity index (χ2v) is 5.33. The number of hydrogen-bond acceptors (Lipinski definition) is 4. The molecule has 2 heterocycles. The van der Waals surface area contributed by atoms with Crippen molar-refractivity contribution in [2.75, 3.05) is 39.8 Å². The molecule has 1 aromatic rings. The van der Waals surface area contributed by atoms with Crippen LogP contribution >= 0.6 is 0 Å². The van der Waals surface area contributed by atoms with Gasteiger partial charge in [-0.3, -0.25) is 4.79 Å². The van der Waals surface area contributed by atoms with Gasteiger partial charge in [0.2, 0.25) is 5.91 Å². The van der Waals surface area contributed by atoms with Crippen LogP contribution in [0.15, 0.2) is 12.4 Å². The zero-order valence-electron chi connectivity index (χ0n) is 12.5. The summed E-state index contributed by atoms with van der Waals surface area (Å²) in [5.41, 5.74) is 0. The average Bonchev–Trinajstić information content (AvgIpc) is 2.87. The molecule has 6 nitrogen and oxygen atoms in total. The molecule has 1 saturated heterocycles. The highest BCUT2D eigenvalue weighted by atomic mass is 16.2. The fraction of sp³-hybridized carbons (Fsp3) is 0.714. The van der Waals surface area contributed by atoms with Crippen molar-refractivity contribution in [2.45, 2.75) is 26.4 Å². The summed E-state index contributed by atoms with van der Waals surface area (Å²) in [6, 6.07) is 0. The molecule has 1 aliphatic rings. The van der Waals surface area contributed by atoms with E-state index in [-0.39, 0.29) is 5.91 Å². The Balaban J connectivity index is 1.86. The van der Waals surface area contributed by atoms with E-state index in [1.165, 1.54) is 0 Å². The molecule has 1 aromatic heterocycles. The number of rotatable bonds is 6. The van der Waals surface area contributed by atoms with Crippen LogP contribution in [0.1, 0.15) is 19.2 Å². The predicted octanol–water partition coefficient (Wildman–Crippen LogP) is 0.157. The van der Waals surface area contributed by atoms with Gasteiger partial charge in [-0.2, -0.15) is 0 Å². The van der Waals surface area contributed by atoms with Crippen LogP contribution in [0.4, 0.5) is 0 Å². The first kappa shape index (κ1) is 15.0. The Morgan fingerprint density at radius 1 is 1.35 bits per heavy atom. The SMILES string of the molecule is CCCNCc1nccn1CC(=O)N1CCN(C)CC1. The van der Waals surface area contributed by atoms with Gasteiger partial charge in [0.15, 0.2) is 0 Å². The average molecular weight is 279 g/mol. The van der Waals surface area contributed by atoms with Gasteiger partial charge in [0, 0.05) is 38.6 Å². The smallest absolute Gasteiger partial charge is 0.242 e. The number of hydrogen-bond donors (Lipinski definition) is 1. The molecule has 0 radical (unpaired) electrons. The van der Waals surface area contributed by atoms with E-state index in [1.807, 2.05) is 15.7 Å². The normalized spacial score (nSPS) is 16.6. The topological polar surface area (TPSA) is 53.4 Å². The number of nitrogens with one attached hydrogen (secondary N) is 1. The van der Waals surface area contributed by atoms with Crippen LogP contribution in [0, 0.1) is 0 Å². The van der Waals surface area contributed by atoms with Gasteiger partial charge >= 0.3 is 0 Å². The van der Waals surface area contributed by atoms with Gasteiger partial charge in [0.25, 0.3) is 0 Å². The molecule has 0 saturated carbocycles. The van der Waals surface area contributed by atoms with Gasteiger partial charge in [-0.05, 0) is 20.0 Å². The standard InChI is InChI=1S/C14H25N5O/c1-3-4-15-11-13-16-5-6-19(13)12-14(20)18-9-7-17(2)8-10-18/h5-6,15H,3-4,7-12H2,1-2H3. The van der Waals surface area contributed by atoms with Gasteiger partial charge in [0.1, 0.15) is 12.4 Å². The highest BCUT2D eigenvalue weighted by Crippen LogP contribution is 2.04. The highest BCUT2D eigenvalue weighted by molar-refractivity contribution is 5.76. The number of nitrogens with zero attached hydrogens (tertiary/aromatic N) is 4. The monoisotopic (exact) mass is 279 g/mol. The molecular formula is C14H25N5O. The third kappa shape index (κ3) is 4.05. The Bertz CT molecular complexity index is 423. The minimum absolute atomic E-state index is 0.188. The van der Waals surface area contributed by atoms with Crippen molar-refractivity contribution in [3.05, 3.63) is 18.2 Å². The molecule has 0 bridgehead atoms. The van der Waals surface area contributed by atoms with E-state index in [4.69, 9.17) is 0 Å². The number of likely N-dealkylation sites (N-methyl/N-ethyl adjacent to an activating group) is 1.